The molecule has 9 heteroatoms. The zero-order chi connectivity index (χ0) is 21.3. The van der Waals surface area contributed by atoms with Crippen LogP contribution >= 0.6 is 46.4 Å². The minimum Gasteiger partial charge on any atom is -0.482 e. The van der Waals surface area contributed by atoms with Crippen LogP contribution in [0.1, 0.15) is 0 Å². The lowest BCUT2D eigenvalue weighted by Gasteiger charge is -2.10. The molecule has 0 fully saturated rings. The maximum Gasteiger partial charge on any atom is 0.262 e. The van der Waals surface area contributed by atoms with Crippen LogP contribution in [0.25, 0.3) is 22.6 Å². The van der Waals surface area contributed by atoms with Crippen LogP contribution in [-0.2, 0) is 4.79 Å². The van der Waals surface area contributed by atoms with E-state index in [9.17, 15) is 4.79 Å². The third-order valence-corrected chi connectivity index (χ3v) is 5.18. The highest BCUT2D eigenvalue weighted by Gasteiger charge is 2.13. The van der Waals surface area contributed by atoms with Gasteiger partial charge in [-0.15, -0.1) is 0 Å². The van der Waals surface area contributed by atoms with E-state index in [4.69, 9.17) is 55.6 Å². The Bertz CT molecular complexity index is 1260. The number of hydrogen-bond donors (Lipinski definition) is 1. The summed E-state index contributed by atoms with van der Waals surface area (Å²) in [5.41, 5.74) is 2.27. The molecule has 0 saturated carbocycles. The van der Waals surface area contributed by atoms with E-state index in [-0.39, 0.29) is 6.61 Å². The van der Waals surface area contributed by atoms with E-state index in [0.717, 1.165) is 0 Å². The fourth-order valence-electron chi connectivity index (χ4n) is 2.70. The number of carbonyl (C=O) groups excluding carboxylic acids is 1. The van der Waals surface area contributed by atoms with Gasteiger partial charge in [0.2, 0.25) is 5.89 Å². The largest absolute Gasteiger partial charge is 0.482 e. The molecule has 30 heavy (non-hydrogen) atoms. The molecule has 0 radical (unpaired) electrons. The van der Waals surface area contributed by atoms with Crippen LogP contribution in [0.4, 0.5) is 5.69 Å². The fourth-order valence-corrected chi connectivity index (χ4v) is 3.49. The van der Waals surface area contributed by atoms with E-state index < -0.39 is 5.91 Å². The highest BCUT2D eigenvalue weighted by Crippen LogP contribution is 2.31. The average Bonchev–Trinajstić information content (AvgIpc) is 3.12. The van der Waals surface area contributed by atoms with Gasteiger partial charge in [-0.05, 0) is 54.6 Å². The number of oxazole rings is 1. The van der Waals surface area contributed by atoms with Gasteiger partial charge in [-0.1, -0.05) is 46.4 Å². The van der Waals surface area contributed by atoms with Gasteiger partial charge in [-0.3, -0.25) is 4.79 Å². The first-order valence-electron chi connectivity index (χ1n) is 8.63. The number of amides is 1. The number of rotatable bonds is 5. The summed E-state index contributed by atoms with van der Waals surface area (Å²) in [5, 5.41) is 4.41. The van der Waals surface area contributed by atoms with E-state index in [1.54, 1.807) is 48.5 Å². The molecular formula is C21H12Cl4N2O3. The maximum absolute atomic E-state index is 12.3. The molecule has 0 aliphatic rings. The van der Waals surface area contributed by atoms with Crippen LogP contribution in [-0.4, -0.2) is 17.5 Å². The summed E-state index contributed by atoms with van der Waals surface area (Å²) in [7, 11) is 0. The first kappa shape index (κ1) is 20.8. The van der Waals surface area contributed by atoms with Crippen LogP contribution in [0.3, 0.4) is 0 Å². The van der Waals surface area contributed by atoms with Gasteiger partial charge in [0.15, 0.2) is 12.2 Å². The fraction of sp³-hybridized carbons (Fsp3) is 0.0476. The van der Waals surface area contributed by atoms with Gasteiger partial charge in [0.05, 0.1) is 15.7 Å². The van der Waals surface area contributed by atoms with Crippen molar-refractivity contribution in [1.82, 2.24) is 4.98 Å². The molecule has 0 spiro atoms. The van der Waals surface area contributed by atoms with E-state index in [1.165, 1.54) is 6.07 Å². The van der Waals surface area contributed by atoms with Crippen molar-refractivity contribution in [3.8, 4) is 17.2 Å². The normalized spacial score (nSPS) is 10.9. The van der Waals surface area contributed by atoms with Crippen molar-refractivity contribution < 1.29 is 13.9 Å². The number of anilines is 1. The van der Waals surface area contributed by atoms with E-state index in [2.05, 4.69) is 10.3 Å². The summed E-state index contributed by atoms with van der Waals surface area (Å²) >= 11 is 24.1. The molecule has 1 N–H and O–H groups in total. The molecule has 1 heterocycles. The van der Waals surface area contributed by atoms with Gasteiger partial charge in [0.1, 0.15) is 11.3 Å². The lowest BCUT2D eigenvalue weighted by atomic mass is 10.2. The Kier molecular flexibility index (Phi) is 6.06. The number of carbonyl (C=O) groups is 1. The Morgan fingerprint density at radius 1 is 0.933 bits per heavy atom. The van der Waals surface area contributed by atoms with Gasteiger partial charge in [0.25, 0.3) is 5.91 Å². The monoisotopic (exact) mass is 480 g/mol. The number of ether oxygens (including phenoxy) is 1. The molecule has 4 aromatic rings. The van der Waals surface area contributed by atoms with Gasteiger partial charge in [-0.2, -0.15) is 0 Å². The third kappa shape index (κ3) is 4.65. The van der Waals surface area contributed by atoms with E-state index in [1.807, 2.05) is 0 Å². The van der Waals surface area contributed by atoms with Crippen LogP contribution in [0.15, 0.2) is 59.0 Å². The summed E-state index contributed by atoms with van der Waals surface area (Å²) in [6.07, 6.45) is 0. The van der Waals surface area contributed by atoms with Crippen molar-refractivity contribution in [3.05, 3.63) is 74.7 Å². The Hall–Kier alpha value is -2.44. The number of fused-ring (bicyclic) bond motifs is 1. The Balaban J connectivity index is 1.50. The minimum absolute atomic E-state index is 0.261. The number of halogens is 4. The molecule has 0 saturated heterocycles. The SMILES string of the molecule is O=C(COc1ccc(Cl)cc1Cl)Nc1cc(-c2nc3cc(Cl)ccc3o2)ccc1Cl. The Labute approximate surface area is 191 Å². The number of benzene rings is 3. The predicted octanol–water partition coefficient (Wildman–Crippen LogP) is 7.13. The standard InChI is InChI=1S/C21H12Cl4N2O3/c22-12-2-5-18(15(25)8-12)29-10-20(28)26-16-7-11(1-4-14(16)24)21-27-17-9-13(23)3-6-19(17)30-21/h1-9H,10H2,(H,26,28). The predicted molar refractivity (Wildman–Crippen MR) is 120 cm³/mol. The highest BCUT2D eigenvalue weighted by atomic mass is 35.5. The van der Waals surface area contributed by atoms with Crippen LogP contribution in [0, 0.1) is 0 Å². The summed E-state index contributed by atoms with van der Waals surface area (Å²) in [5.74, 6) is 0.314. The van der Waals surface area contributed by atoms with Crippen LogP contribution in [0.5, 0.6) is 5.75 Å². The molecule has 0 atom stereocenters. The van der Waals surface area contributed by atoms with E-state index in [0.29, 0.717) is 54.1 Å². The average molecular weight is 482 g/mol. The van der Waals surface area contributed by atoms with Crippen LogP contribution in [0.2, 0.25) is 20.1 Å². The lowest BCUT2D eigenvalue weighted by molar-refractivity contribution is -0.118. The number of nitrogens with zero attached hydrogens (tertiary/aromatic N) is 1. The third-order valence-electron chi connectivity index (χ3n) is 4.09. The summed E-state index contributed by atoms with van der Waals surface area (Å²) in [4.78, 5) is 16.8. The quantitative estimate of drug-likeness (QED) is 0.329. The van der Waals surface area contributed by atoms with Crippen molar-refractivity contribution in [3.63, 3.8) is 0 Å². The molecular weight excluding hydrogens is 470 g/mol. The van der Waals surface area contributed by atoms with Crippen molar-refractivity contribution in [1.29, 1.82) is 0 Å². The zero-order valence-corrected chi connectivity index (χ0v) is 18.1. The van der Waals surface area contributed by atoms with E-state index >= 15 is 0 Å². The molecule has 1 amide bonds. The van der Waals surface area contributed by atoms with Gasteiger partial charge >= 0.3 is 0 Å². The molecule has 152 valence electrons. The summed E-state index contributed by atoms with van der Waals surface area (Å²) < 4.78 is 11.2. The van der Waals surface area contributed by atoms with Crippen molar-refractivity contribution in [2.24, 2.45) is 0 Å². The Morgan fingerprint density at radius 3 is 2.50 bits per heavy atom. The van der Waals surface area contributed by atoms with Crippen LogP contribution < -0.4 is 10.1 Å². The van der Waals surface area contributed by atoms with Gasteiger partial charge in [0, 0.05) is 15.6 Å². The van der Waals surface area contributed by atoms with Crippen molar-refractivity contribution >= 4 is 69.1 Å². The summed E-state index contributed by atoms with van der Waals surface area (Å²) in [6, 6.07) is 15.0. The molecule has 4 rings (SSSR count). The second-order valence-corrected chi connectivity index (χ2v) is 7.92. The van der Waals surface area contributed by atoms with Crippen molar-refractivity contribution in [2.75, 3.05) is 11.9 Å². The minimum atomic E-state index is -0.413. The van der Waals surface area contributed by atoms with Gasteiger partial charge in [-0.25, -0.2) is 4.98 Å². The maximum atomic E-state index is 12.3. The first-order valence-corrected chi connectivity index (χ1v) is 10.1. The molecule has 0 bridgehead atoms. The molecule has 1 aromatic heterocycles. The second-order valence-electron chi connectivity index (χ2n) is 6.24. The first-order chi connectivity index (χ1) is 14.4. The molecule has 5 nitrogen and oxygen atoms in total. The summed E-state index contributed by atoms with van der Waals surface area (Å²) in [6.45, 7) is -0.261. The number of hydrogen-bond acceptors (Lipinski definition) is 4. The molecule has 0 aliphatic carbocycles. The highest BCUT2D eigenvalue weighted by molar-refractivity contribution is 6.35. The smallest absolute Gasteiger partial charge is 0.262 e. The zero-order valence-electron chi connectivity index (χ0n) is 15.1. The number of nitrogens with one attached hydrogen (secondary N) is 1. The van der Waals surface area contributed by atoms with Crippen molar-refractivity contribution in [2.45, 2.75) is 0 Å². The Morgan fingerprint density at radius 2 is 1.70 bits per heavy atom. The second kappa shape index (κ2) is 8.74. The topological polar surface area (TPSA) is 64.4 Å². The molecule has 0 aliphatic heterocycles. The number of aromatic nitrogens is 1. The lowest BCUT2D eigenvalue weighted by Crippen LogP contribution is -2.20. The molecule has 3 aromatic carbocycles. The van der Waals surface area contributed by atoms with Gasteiger partial charge < -0.3 is 14.5 Å². The molecule has 0 unspecified atom stereocenters.